The first kappa shape index (κ1) is 14.6. The number of anilines is 1. The molecule has 0 heterocycles. The van der Waals surface area contributed by atoms with Gasteiger partial charge in [-0.1, -0.05) is 54.9 Å². The summed E-state index contributed by atoms with van der Waals surface area (Å²) in [5, 5.41) is 3.64. The summed E-state index contributed by atoms with van der Waals surface area (Å²) in [5.41, 5.74) is 2.70. The van der Waals surface area contributed by atoms with E-state index in [-0.39, 0.29) is 11.8 Å². The molecule has 2 nitrogen and oxygen atoms in total. The normalized spacial score (nSPS) is 11.9. The predicted octanol–water partition coefficient (Wildman–Crippen LogP) is 4.78. The van der Waals surface area contributed by atoms with Gasteiger partial charge >= 0.3 is 0 Å². The molecule has 104 valence electrons. The minimum atomic E-state index is -0.144. The SMILES string of the molecule is CC[C@H](C(=O)Nc1cccc(Cl)c1C)c1ccccc1. The first-order chi connectivity index (χ1) is 9.63. The molecular formula is C17H18ClNO. The second-order valence-electron chi connectivity index (χ2n) is 4.77. The van der Waals surface area contributed by atoms with Crippen molar-refractivity contribution < 1.29 is 4.79 Å². The summed E-state index contributed by atoms with van der Waals surface area (Å²) in [4.78, 5) is 12.5. The zero-order chi connectivity index (χ0) is 14.5. The Morgan fingerprint density at radius 1 is 1.15 bits per heavy atom. The van der Waals surface area contributed by atoms with Crippen LogP contribution in [-0.4, -0.2) is 5.91 Å². The van der Waals surface area contributed by atoms with Gasteiger partial charge in [-0.3, -0.25) is 4.79 Å². The van der Waals surface area contributed by atoms with Gasteiger partial charge < -0.3 is 5.32 Å². The molecule has 0 unspecified atom stereocenters. The quantitative estimate of drug-likeness (QED) is 0.861. The average molecular weight is 288 g/mol. The Bertz CT molecular complexity index is 595. The average Bonchev–Trinajstić information content (AvgIpc) is 2.46. The highest BCUT2D eigenvalue weighted by Gasteiger charge is 2.19. The summed E-state index contributed by atoms with van der Waals surface area (Å²) in [6.07, 6.45) is 0.759. The van der Waals surface area contributed by atoms with Crippen LogP contribution in [0, 0.1) is 6.92 Å². The van der Waals surface area contributed by atoms with E-state index in [0.29, 0.717) is 5.02 Å². The maximum atomic E-state index is 12.5. The number of carbonyl (C=O) groups is 1. The Hall–Kier alpha value is -1.80. The van der Waals surface area contributed by atoms with Crippen LogP contribution in [0.5, 0.6) is 0 Å². The minimum absolute atomic E-state index is 0.00377. The second kappa shape index (κ2) is 6.58. The molecule has 3 heteroatoms. The Labute approximate surface area is 124 Å². The van der Waals surface area contributed by atoms with Crippen molar-refractivity contribution in [1.82, 2.24) is 0 Å². The number of hydrogen-bond acceptors (Lipinski definition) is 1. The highest BCUT2D eigenvalue weighted by Crippen LogP contribution is 2.26. The van der Waals surface area contributed by atoms with E-state index >= 15 is 0 Å². The van der Waals surface area contributed by atoms with E-state index in [9.17, 15) is 4.79 Å². The zero-order valence-corrected chi connectivity index (χ0v) is 12.4. The lowest BCUT2D eigenvalue weighted by Gasteiger charge is -2.17. The molecule has 0 aliphatic carbocycles. The van der Waals surface area contributed by atoms with Crippen molar-refractivity contribution in [1.29, 1.82) is 0 Å². The summed E-state index contributed by atoms with van der Waals surface area (Å²) in [7, 11) is 0. The zero-order valence-electron chi connectivity index (χ0n) is 11.7. The molecule has 0 saturated heterocycles. The van der Waals surface area contributed by atoms with Crippen LogP contribution in [0.3, 0.4) is 0 Å². The lowest BCUT2D eigenvalue weighted by molar-refractivity contribution is -0.117. The molecule has 0 saturated carbocycles. The van der Waals surface area contributed by atoms with Gasteiger partial charge in [-0.05, 0) is 36.6 Å². The van der Waals surface area contributed by atoms with Gasteiger partial charge in [-0.25, -0.2) is 0 Å². The highest BCUT2D eigenvalue weighted by atomic mass is 35.5. The number of benzene rings is 2. The number of halogens is 1. The molecule has 0 aliphatic heterocycles. The van der Waals surface area contributed by atoms with Crippen LogP contribution in [0.25, 0.3) is 0 Å². The van der Waals surface area contributed by atoms with Gasteiger partial charge in [0.2, 0.25) is 5.91 Å². The van der Waals surface area contributed by atoms with Crippen molar-refractivity contribution in [2.45, 2.75) is 26.2 Å². The van der Waals surface area contributed by atoms with E-state index in [4.69, 9.17) is 11.6 Å². The maximum Gasteiger partial charge on any atom is 0.231 e. The fourth-order valence-corrected chi connectivity index (χ4v) is 2.40. The highest BCUT2D eigenvalue weighted by molar-refractivity contribution is 6.31. The van der Waals surface area contributed by atoms with Crippen molar-refractivity contribution in [2.75, 3.05) is 5.32 Å². The van der Waals surface area contributed by atoms with E-state index in [1.807, 2.05) is 62.4 Å². The molecule has 0 radical (unpaired) electrons. The first-order valence-electron chi connectivity index (χ1n) is 6.74. The van der Waals surface area contributed by atoms with Crippen LogP contribution in [0.15, 0.2) is 48.5 Å². The topological polar surface area (TPSA) is 29.1 Å². The molecule has 0 aliphatic rings. The van der Waals surface area contributed by atoms with Crippen molar-refractivity contribution in [3.63, 3.8) is 0 Å². The molecule has 1 atom stereocenters. The molecule has 2 rings (SSSR count). The molecule has 2 aromatic carbocycles. The summed E-state index contributed by atoms with van der Waals surface area (Å²) in [6, 6.07) is 15.4. The predicted molar refractivity (Wildman–Crippen MR) is 84.3 cm³/mol. The van der Waals surface area contributed by atoms with Gasteiger partial charge in [0, 0.05) is 10.7 Å². The van der Waals surface area contributed by atoms with Crippen LogP contribution in [-0.2, 0) is 4.79 Å². The van der Waals surface area contributed by atoms with Crippen LogP contribution >= 0.6 is 11.6 Å². The standard InChI is InChI=1S/C17H18ClNO/c1-3-14(13-8-5-4-6-9-13)17(20)19-16-11-7-10-15(18)12(16)2/h4-11,14H,3H2,1-2H3,(H,19,20)/t14-/m0/s1. The molecule has 0 fully saturated rings. The maximum absolute atomic E-state index is 12.5. The van der Waals surface area contributed by atoms with E-state index in [1.54, 1.807) is 0 Å². The number of nitrogens with one attached hydrogen (secondary N) is 1. The molecule has 0 bridgehead atoms. The van der Waals surface area contributed by atoms with Crippen LogP contribution in [0.2, 0.25) is 5.02 Å². The van der Waals surface area contributed by atoms with Crippen molar-refractivity contribution >= 4 is 23.2 Å². The summed E-state index contributed by atoms with van der Waals surface area (Å²) in [6.45, 7) is 3.92. The molecule has 1 N–H and O–H groups in total. The van der Waals surface area contributed by atoms with Gasteiger partial charge in [0.25, 0.3) is 0 Å². The van der Waals surface area contributed by atoms with Crippen LogP contribution < -0.4 is 5.32 Å². The van der Waals surface area contributed by atoms with E-state index < -0.39 is 0 Å². The van der Waals surface area contributed by atoms with Crippen LogP contribution in [0.4, 0.5) is 5.69 Å². The number of rotatable bonds is 4. The molecule has 20 heavy (non-hydrogen) atoms. The van der Waals surface area contributed by atoms with Gasteiger partial charge in [0.05, 0.1) is 5.92 Å². The van der Waals surface area contributed by atoms with E-state index in [1.165, 1.54) is 0 Å². The Kier molecular flexibility index (Phi) is 4.80. The van der Waals surface area contributed by atoms with Gasteiger partial charge in [-0.2, -0.15) is 0 Å². The van der Waals surface area contributed by atoms with Crippen molar-refractivity contribution in [3.8, 4) is 0 Å². The Morgan fingerprint density at radius 3 is 2.50 bits per heavy atom. The Balaban J connectivity index is 2.20. The van der Waals surface area contributed by atoms with Crippen molar-refractivity contribution in [3.05, 3.63) is 64.7 Å². The molecule has 1 amide bonds. The third-order valence-corrected chi connectivity index (χ3v) is 3.86. The first-order valence-corrected chi connectivity index (χ1v) is 7.12. The minimum Gasteiger partial charge on any atom is -0.325 e. The summed E-state index contributed by atoms with van der Waals surface area (Å²) < 4.78 is 0. The summed E-state index contributed by atoms with van der Waals surface area (Å²) >= 11 is 6.08. The molecule has 0 aromatic heterocycles. The second-order valence-corrected chi connectivity index (χ2v) is 5.18. The third kappa shape index (κ3) is 3.20. The third-order valence-electron chi connectivity index (χ3n) is 3.45. The lowest BCUT2D eigenvalue weighted by Crippen LogP contribution is -2.21. The van der Waals surface area contributed by atoms with Gasteiger partial charge in [0.15, 0.2) is 0 Å². The van der Waals surface area contributed by atoms with Gasteiger partial charge in [0.1, 0.15) is 0 Å². The monoisotopic (exact) mass is 287 g/mol. The Morgan fingerprint density at radius 2 is 1.85 bits per heavy atom. The number of hydrogen-bond donors (Lipinski definition) is 1. The van der Waals surface area contributed by atoms with E-state index in [0.717, 1.165) is 23.2 Å². The molecule has 0 spiro atoms. The fourth-order valence-electron chi connectivity index (χ4n) is 2.22. The van der Waals surface area contributed by atoms with Gasteiger partial charge in [-0.15, -0.1) is 0 Å². The number of carbonyl (C=O) groups excluding carboxylic acids is 1. The number of amides is 1. The smallest absolute Gasteiger partial charge is 0.231 e. The van der Waals surface area contributed by atoms with E-state index in [2.05, 4.69) is 5.32 Å². The van der Waals surface area contributed by atoms with Crippen LogP contribution in [0.1, 0.15) is 30.4 Å². The fraction of sp³-hybridized carbons (Fsp3) is 0.235. The molecular weight excluding hydrogens is 270 g/mol. The molecule has 2 aromatic rings. The lowest BCUT2D eigenvalue weighted by atomic mass is 9.95. The van der Waals surface area contributed by atoms with Crippen molar-refractivity contribution in [2.24, 2.45) is 0 Å². The largest absolute Gasteiger partial charge is 0.325 e. The summed E-state index contributed by atoms with van der Waals surface area (Å²) in [5.74, 6) is -0.140.